The van der Waals surface area contributed by atoms with Crippen LogP contribution in [0.25, 0.3) is 56.0 Å². The van der Waals surface area contributed by atoms with E-state index in [2.05, 4.69) is 72.9 Å². The third-order valence-electron chi connectivity index (χ3n) is 5.63. The van der Waals surface area contributed by atoms with Crippen LogP contribution in [0, 0.1) is 0 Å². The Morgan fingerprint density at radius 1 is 0.938 bits per heavy atom. The quantitative estimate of drug-likeness (QED) is 0.363. The molecule has 6 aromatic heterocycles. The van der Waals surface area contributed by atoms with Crippen LogP contribution in [0.3, 0.4) is 0 Å². The minimum absolute atomic E-state index is 0.407. The van der Waals surface area contributed by atoms with Gasteiger partial charge in [-0.25, -0.2) is 15.0 Å². The maximum atomic E-state index is 4.74. The van der Waals surface area contributed by atoms with E-state index < -0.39 is 0 Å². The van der Waals surface area contributed by atoms with Gasteiger partial charge in [0, 0.05) is 41.5 Å². The minimum Gasteiger partial charge on any atom is -0.335 e. The fourth-order valence-electron chi connectivity index (χ4n) is 3.86. The SMILES string of the molecule is CC(C)c1cncc(-c2cnc3n[nH]c(-c4nc5nccc(-c6ccsc6)c5[nH]4)c3c2)c1. The molecule has 0 unspecified atom stereocenters. The number of aromatic nitrogens is 7. The van der Waals surface area contributed by atoms with Gasteiger partial charge in [-0.3, -0.25) is 10.1 Å². The molecule has 6 heterocycles. The Morgan fingerprint density at radius 3 is 2.69 bits per heavy atom. The van der Waals surface area contributed by atoms with E-state index in [-0.39, 0.29) is 0 Å². The van der Waals surface area contributed by atoms with Gasteiger partial charge in [0.25, 0.3) is 0 Å². The highest BCUT2D eigenvalue weighted by atomic mass is 32.1. The average molecular weight is 438 g/mol. The number of thiophene rings is 1. The Labute approximate surface area is 187 Å². The van der Waals surface area contributed by atoms with E-state index in [1.165, 1.54) is 5.56 Å². The van der Waals surface area contributed by atoms with Crippen molar-refractivity contribution in [1.29, 1.82) is 0 Å². The number of imidazole rings is 1. The lowest BCUT2D eigenvalue weighted by Crippen LogP contribution is -1.91. The second-order valence-corrected chi connectivity index (χ2v) is 8.79. The summed E-state index contributed by atoms with van der Waals surface area (Å²) in [5.41, 5.74) is 8.44. The van der Waals surface area contributed by atoms with Crippen molar-refractivity contribution in [2.45, 2.75) is 19.8 Å². The molecule has 6 rings (SSSR count). The van der Waals surface area contributed by atoms with E-state index in [0.29, 0.717) is 23.0 Å². The molecule has 0 aliphatic rings. The van der Waals surface area contributed by atoms with Crippen molar-refractivity contribution in [2.75, 3.05) is 0 Å². The van der Waals surface area contributed by atoms with Crippen LogP contribution in [-0.2, 0) is 0 Å². The molecule has 32 heavy (non-hydrogen) atoms. The normalized spacial score (nSPS) is 11.7. The molecule has 0 saturated heterocycles. The van der Waals surface area contributed by atoms with Gasteiger partial charge in [-0.15, -0.1) is 0 Å². The summed E-state index contributed by atoms with van der Waals surface area (Å²) in [7, 11) is 0. The number of H-pyrrole nitrogens is 2. The molecule has 0 saturated carbocycles. The van der Waals surface area contributed by atoms with Crippen molar-refractivity contribution in [3.8, 4) is 33.8 Å². The van der Waals surface area contributed by atoms with E-state index in [4.69, 9.17) is 4.98 Å². The number of hydrogen-bond donors (Lipinski definition) is 2. The Kier molecular flexibility index (Phi) is 4.32. The molecular formula is C24H19N7S. The number of hydrogen-bond acceptors (Lipinski definition) is 6. The van der Waals surface area contributed by atoms with Crippen LogP contribution in [-0.4, -0.2) is 35.1 Å². The molecular weight excluding hydrogens is 418 g/mol. The first kappa shape index (κ1) is 18.8. The minimum atomic E-state index is 0.407. The lowest BCUT2D eigenvalue weighted by Gasteiger charge is -2.07. The summed E-state index contributed by atoms with van der Waals surface area (Å²) in [6.07, 6.45) is 7.41. The van der Waals surface area contributed by atoms with Crippen LogP contribution in [0.5, 0.6) is 0 Å². The number of pyridine rings is 3. The number of fused-ring (bicyclic) bond motifs is 2. The fraction of sp³-hybridized carbons (Fsp3) is 0.125. The highest BCUT2D eigenvalue weighted by Crippen LogP contribution is 2.32. The van der Waals surface area contributed by atoms with Crippen molar-refractivity contribution in [2.24, 2.45) is 0 Å². The van der Waals surface area contributed by atoms with Gasteiger partial charge in [0.05, 0.1) is 10.9 Å². The summed E-state index contributed by atoms with van der Waals surface area (Å²) in [5.74, 6) is 1.09. The third kappa shape index (κ3) is 3.07. The Morgan fingerprint density at radius 2 is 1.84 bits per heavy atom. The lowest BCUT2D eigenvalue weighted by atomic mass is 10.0. The first-order valence-electron chi connectivity index (χ1n) is 10.3. The van der Waals surface area contributed by atoms with Crippen molar-refractivity contribution < 1.29 is 0 Å². The maximum absolute atomic E-state index is 4.74. The van der Waals surface area contributed by atoms with Gasteiger partial charge in [-0.1, -0.05) is 13.8 Å². The zero-order valence-electron chi connectivity index (χ0n) is 17.5. The molecule has 6 aromatic rings. The number of rotatable bonds is 4. The second-order valence-electron chi connectivity index (χ2n) is 8.01. The first-order chi connectivity index (χ1) is 15.7. The Balaban J connectivity index is 1.49. The average Bonchev–Trinajstić information content (AvgIpc) is 3.57. The lowest BCUT2D eigenvalue weighted by molar-refractivity contribution is 0.859. The van der Waals surface area contributed by atoms with Crippen molar-refractivity contribution >= 4 is 33.5 Å². The Bertz CT molecular complexity index is 1560. The zero-order valence-corrected chi connectivity index (χ0v) is 18.3. The van der Waals surface area contributed by atoms with Crippen molar-refractivity contribution in [3.05, 3.63) is 65.4 Å². The molecule has 7 nitrogen and oxygen atoms in total. The van der Waals surface area contributed by atoms with Gasteiger partial charge in [0.2, 0.25) is 0 Å². The summed E-state index contributed by atoms with van der Waals surface area (Å²) in [4.78, 5) is 21.6. The van der Waals surface area contributed by atoms with E-state index in [9.17, 15) is 0 Å². The maximum Gasteiger partial charge on any atom is 0.181 e. The standard InChI is InChI=1S/C24H19N7S/c1-13(2)15-7-16(10-25-9-15)17-8-19-21(30-31-22(19)27-11-17)24-28-20-18(14-4-6-32-12-14)3-5-26-23(20)29-24/h3-13H,1-2H3,(H,26,28,29)(H,27,30,31). The highest BCUT2D eigenvalue weighted by Gasteiger charge is 2.17. The van der Waals surface area contributed by atoms with E-state index in [0.717, 1.165) is 38.9 Å². The van der Waals surface area contributed by atoms with Crippen LogP contribution in [0.15, 0.2) is 59.8 Å². The molecule has 0 fully saturated rings. The van der Waals surface area contributed by atoms with Crippen LogP contribution >= 0.6 is 11.3 Å². The predicted molar refractivity (Wildman–Crippen MR) is 127 cm³/mol. The molecule has 0 radical (unpaired) electrons. The fourth-order valence-corrected chi connectivity index (χ4v) is 4.51. The van der Waals surface area contributed by atoms with Crippen molar-refractivity contribution in [3.63, 3.8) is 0 Å². The van der Waals surface area contributed by atoms with E-state index in [1.807, 2.05) is 24.7 Å². The smallest absolute Gasteiger partial charge is 0.181 e. The molecule has 2 N–H and O–H groups in total. The van der Waals surface area contributed by atoms with Gasteiger partial charge in [-0.05, 0) is 52.1 Å². The van der Waals surface area contributed by atoms with Crippen LogP contribution < -0.4 is 0 Å². The van der Waals surface area contributed by atoms with E-state index in [1.54, 1.807) is 17.5 Å². The number of aromatic amines is 2. The highest BCUT2D eigenvalue weighted by molar-refractivity contribution is 7.08. The molecule has 0 spiro atoms. The molecule has 156 valence electrons. The number of nitrogens with zero attached hydrogens (tertiary/aromatic N) is 5. The van der Waals surface area contributed by atoms with Crippen molar-refractivity contribution in [1.82, 2.24) is 35.1 Å². The monoisotopic (exact) mass is 437 g/mol. The number of nitrogens with one attached hydrogen (secondary N) is 2. The van der Waals surface area contributed by atoms with Gasteiger partial charge in [0.1, 0.15) is 5.69 Å². The summed E-state index contributed by atoms with van der Waals surface area (Å²) < 4.78 is 0. The predicted octanol–water partition coefficient (Wildman–Crippen LogP) is 5.81. The topological polar surface area (TPSA) is 96.0 Å². The Hall–Kier alpha value is -3.91. The molecule has 0 amide bonds. The molecule has 0 aliphatic carbocycles. The largest absolute Gasteiger partial charge is 0.335 e. The summed E-state index contributed by atoms with van der Waals surface area (Å²) >= 11 is 1.67. The summed E-state index contributed by atoms with van der Waals surface area (Å²) in [6, 6.07) is 8.36. The molecule has 0 aromatic carbocycles. The van der Waals surface area contributed by atoms with Gasteiger partial charge < -0.3 is 4.98 Å². The third-order valence-corrected chi connectivity index (χ3v) is 6.31. The molecule has 0 aliphatic heterocycles. The van der Waals surface area contributed by atoms with Crippen LogP contribution in [0.1, 0.15) is 25.3 Å². The summed E-state index contributed by atoms with van der Waals surface area (Å²) in [5, 5.41) is 12.6. The van der Waals surface area contributed by atoms with Gasteiger partial charge in [-0.2, -0.15) is 16.4 Å². The molecule has 8 heteroatoms. The molecule has 0 bridgehead atoms. The van der Waals surface area contributed by atoms with E-state index >= 15 is 0 Å². The first-order valence-corrected chi connectivity index (χ1v) is 11.3. The van der Waals surface area contributed by atoms with Crippen LogP contribution in [0.4, 0.5) is 0 Å². The van der Waals surface area contributed by atoms with Gasteiger partial charge in [0.15, 0.2) is 17.1 Å². The van der Waals surface area contributed by atoms with Gasteiger partial charge >= 0.3 is 0 Å². The summed E-state index contributed by atoms with van der Waals surface area (Å²) in [6.45, 7) is 4.33. The molecule has 0 atom stereocenters. The zero-order chi connectivity index (χ0) is 21.7. The second kappa shape index (κ2) is 7.35. The van der Waals surface area contributed by atoms with Crippen LogP contribution in [0.2, 0.25) is 0 Å².